The van der Waals surface area contributed by atoms with Crippen LogP contribution in [-0.2, 0) is 26.0 Å². The van der Waals surface area contributed by atoms with Gasteiger partial charge in [-0.15, -0.1) is 0 Å². The summed E-state index contributed by atoms with van der Waals surface area (Å²) in [6.07, 6.45) is 1.80. The maximum Gasteiger partial charge on any atom is 0.306 e. The number of nitrogens with zero attached hydrogens (tertiary/aromatic N) is 1. The number of ether oxygens (including phenoxy) is 1. The molecule has 1 aromatic heterocycles. The van der Waals surface area contributed by atoms with Crippen molar-refractivity contribution in [3.8, 4) is 0 Å². The molecule has 0 saturated carbocycles. The van der Waals surface area contributed by atoms with Crippen LogP contribution in [0.1, 0.15) is 19.0 Å². The van der Waals surface area contributed by atoms with Gasteiger partial charge in [0.25, 0.3) is 0 Å². The van der Waals surface area contributed by atoms with Gasteiger partial charge in [0, 0.05) is 18.3 Å². The van der Waals surface area contributed by atoms with Crippen molar-refractivity contribution in [2.24, 2.45) is 5.14 Å². The van der Waals surface area contributed by atoms with Gasteiger partial charge in [-0.1, -0.05) is 0 Å². The van der Waals surface area contributed by atoms with E-state index in [1.165, 1.54) is 18.3 Å². The maximum absolute atomic E-state index is 11.1. The molecular weight excluding hydrogens is 244 g/mol. The van der Waals surface area contributed by atoms with E-state index >= 15 is 0 Å². The number of rotatable bonds is 5. The minimum Gasteiger partial charge on any atom is -0.466 e. The zero-order valence-electron chi connectivity index (χ0n) is 9.42. The summed E-state index contributed by atoms with van der Waals surface area (Å²) in [5.74, 6) is -0.301. The number of hydrogen-bond acceptors (Lipinski definition) is 5. The number of primary sulfonamides is 1. The van der Waals surface area contributed by atoms with Crippen molar-refractivity contribution in [2.75, 3.05) is 6.61 Å². The smallest absolute Gasteiger partial charge is 0.306 e. The number of aryl methyl sites for hydroxylation is 1. The first kappa shape index (κ1) is 13.6. The molecule has 0 radical (unpaired) electrons. The van der Waals surface area contributed by atoms with Crippen LogP contribution in [0.2, 0.25) is 0 Å². The molecule has 7 heteroatoms. The number of esters is 1. The van der Waals surface area contributed by atoms with Crippen molar-refractivity contribution >= 4 is 16.0 Å². The molecule has 1 rings (SSSR count). The Morgan fingerprint density at radius 1 is 1.47 bits per heavy atom. The summed E-state index contributed by atoms with van der Waals surface area (Å²) < 4.78 is 26.7. The molecule has 0 saturated heterocycles. The van der Waals surface area contributed by atoms with E-state index in [9.17, 15) is 13.2 Å². The van der Waals surface area contributed by atoms with Crippen LogP contribution in [0.15, 0.2) is 23.2 Å². The normalized spacial score (nSPS) is 11.2. The van der Waals surface area contributed by atoms with Crippen LogP contribution in [0.5, 0.6) is 0 Å². The fourth-order valence-corrected chi connectivity index (χ4v) is 1.65. The summed E-state index contributed by atoms with van der Waals surface area (Å²) in [5.41, 5.74) is 0.616. The third-order valence-corrected chi connectivity index (χ3v) is 2.92. The monoisotopic (exact) mass is 258 g/mol. The van der Waals surface area contributed by atoms with Gasteiger partial charge >= 0.3 is 5.97 Å². The van der Waals surface area contributed by atoms with Crippen LogP contribution in [0.4, 0.5) is 0 Å². The van der Waals surface area contributed by atoms with Crippen LogP contribution in [0.3, 0.4) is 0 Å². The maximum atomic E-state index is 11.1. The first-order valence-electron chi connectivity index (χ1n) is 5.07. The molecule has 0 aliphatic heterocycles. The van der Waals surface area contributed by atoms with E-state index in [4.69, 9.17) is 9.88 Å². The van der Waals surface area contributed by atoms with Crippen molar-refractivity contribution in [1.82, 2.24) is 4.98 Å². The van der Waals surface area contributed by atoms with Gasteiger partial charge in [0.2, 0.25) is 10.0 Å². The fourth-order valence-electron chi connectivity index (χ4n) is 1.19. The molecule has 6 nitrogen and oxygen atoms in total. The first-order chi connectivity index (χ1) is 7.93. The third-order valence-electron chi connectivity index (χ3n) is 2.02. The third kappa shape index (κ3) is 4.49. The van der Waals surface area contributed by atoms with Gasteiger partial charge in [0.05, 0.1) is 13.0 Å². The second-order valence-electron chi connectivity index (χ2n) is 3.34. The van der Waals surface area contributed by atoms with Gasteiger partial charge in [0.1, 0.15) is 4.90 Å². The SMILES string of the molecule is CCOC(=O)CCc1ccc(S(N)(=O)=O)cn1. The Morgan fingerprint density at radius 2 is 2.18 bits per heavy atom. The second kappa shape index (κ2) is 5.74. The van der Waals surface area contributed by atoms with E-state index < -0.39 is 10.0 Å². The number of pyridine rings is 1. The predicted molar refractivity (Wildman–Crippen MR) is 60.6 cm³/mol. The van der Waals surface area contributed by atoms with E-state index in [0.29, 0.717) is 18.7 Å². The summed E-state index contributed by atoms with van der Waals surface area (Å²) in [4.78, 5) is 14.9. The largest absolute Gasteiger partial charge is 0.466 e. The number of carbonyl (C=O) groups excluding carboxylic acids is 1. The minimum atomic E-state index is -3.71. The topological polar surface area (TPSA) is 99.4 Å². The highest BCUT2D eigenvalue weighted by molar-refractivity contribution is 7.89. The lowest BCUT2D eigenvalue weighted by Crippen LogP contribution is -2.12. The lowest BCUT2D eigenvalue weighted by atomic mass is 10.2. The van der Waals surface area contributed by atoms with Crippen LogP contribution < -0.4 is 5.14 Å². The Bertz CT molecular complexity index is 482. The molecular formula is C10H14N2O4S. The van der Waals surface area contributed by atoms with E-state index in [0.717, 1.165) is 0 Å². The molecule has 0 aromatic carbocycles. The zero-order valence-corrected chi connectivity index (χ0v) is 10.2. The lowest BCUT2D eigenvalue weighted by molar-refractivity contribution is -0.143. The molecule has 1 heterocycles. The number of hydrogen-bond donors (Lipinski definition) is 1. The van der Waals surface area contributed by atoms with Crippen LogP contribution in [0, 0.1) is 0 Å². The molecule has 0 atom stereocenters. The number of aromatic nitrogens is 1. The summed E-state index contributed by atoms with van der Waals surface area (Å²) in [6.45, 7) is 2.08. The highest BCUT2D eigenvalue weighted by Gasteiger charge is 2.08. The fraction of sp³-hybridized carbons (Fsp3) is 0.400. The zero-order chi connectivity index (χ0) is 12.9. The summed E-state index contributed by atoms with van der Waals surface area (Å²) in [7, 11) is -3.71. The van der Waals surface area contributed by atoms with E-state index in [1.807, 2.05) is 0 Å². The molecule has 0 aliphatic rings. The molecule has 0 spiro atoms. The van der Waals surface area contributed by atoms with Crippen LogP contribution in [-0.4, -0.2) is 26.0 Å². The van der Waals surface area contributed by atoms with Crippen LogP contribution >= 0.6 is 0 Å². The number of sulfonamides is 1. The summed E-state index contributed by atoms with van der Waals surface area (Å²) >= 11 is 0. The molecule has 2 N–H and O–H groups in total. The Labute approximate surface area is 99.9 Å². The first-order valence-corrected chi connectivity index (χ1v) is 6.61. The molecule has 1 aromatic rings. The average molecular weight is 258 g/mol. The van der Waals surface area contributed by atoms with Gasteiger partial charge in [-0.25, -0.2) is 13.6 Å². The Kier molecular flexibility index (Phi) is 4.59. The van der Waals surface area contributed by atoms with Crippen molar-refractivity contribution in [2.45, 2.75) is 24.7 Å². The lowest BCUT2D eigenvalue weighted by Gasteiger charge is -2.02. The minimum absolute atomic E-state index is 0.0441. The molecule has 0 amide bonds. The highest BCUT2D eigenvalue weighted by Crippen LogP contribution is 2.07. The van der Waals surface area contributed by atoms with E-state index in [2.05, 4.69) is 4.98 Å². The number of carbonyl (C=O) groups is 1. The average Bonchev–Trinajstić information content (AvgIpc) is 2.26. The van der Waals surface area contributed by atoms with Gasteiger partial charge in [-0.3, -0.25) is 9.78 Å². The number of nitrogens with two attached hydrogens (primary N) is 1. The van der Waals surface area contributed by atoms with Crippen molar-refractivity contribution in [1.29, 1.82) is 0 Å². The quantitative estimate of drug-likeness (QED) is 0.762. The summed E-state index contributed by atoms with van der Waals surface area (Å²) in [6, 6.07) is 2.89. The molecule has 0 bridgehead atoms. The molecule has 0 aliphatic carbocycles. The van der Waals surface area contributed by atoms with Gasteiger partial charge in [-0.2, -0.15) is 0 Å². The Hall–Kier alpha value is -1.47. The standard InChI is InChI=1S/C10H14N2O4S/c1-2-16-10(13)6-4-8-3-5-9(7-12-8)17(11,14)15/h3,5,7H,2,4,6H2,1H3,(H2,11,14,15). The van der Waals surface area contributed by atoms with E-state index in [-0.39, 0.29) is 17.3 Å². The molecule has 94 valence electrons. The molecule has 17 heavy (non-hydrogen) atoms. The van der Waals surface area contributed by atoms with E-state index in [1.54, 1.807) is 6.92 Å². The Morgan fingerprint density at radius 3 is 2.65 bits per heavy atom. The van der Waals surface area contributed by atoms with Crippen molar-refractivity contribution in [3.05, 3.63) is 24.0 Å². The van der Waals surface area contributed by atoms with Gasteiger partial charge in [0.15, 0.2) is 0 Å². The molecule has 0 unspecified atom stereocenters. The second-order valence-corrected chi connectivity index (χ2v) is 4.90. The summed E-state index contributed by atoms with van der Waals surface area (Å²) in [5, 5.41) is 4.93. The van der Waals surface area contributed by atoms with Crippen molar-refractivity contribution < 1.29 is 17.9 Å². The van der Waals surface area contributed by atoms with Crippen molar-refractivity contribution in [3.63, 3.8) is 0 Å². The predicted octanol–water partition coefficient (Wildman–Crippen LogP) is 0.225. The van der Waals surface area contributed by atoms with Gasteiger partial charge < -0.3 is 4.74 Å². The van der Waals surface area contributed by atoms with Crippen LogP contribution in [0.25, 0.3) is 0 Å². The van der Waals surface area contributed by atoms with Gasteiger partial charge in [-0.05, 0) is 19.1 Å². The Balaban J connectivity index is 2.60. The molecule has 0 fully saturated rings. The highest BCUT2D eigenvalue weighted by atomic mass is 32.2.